The van der Waals surface area contributed by atoms with Gasteiger partial charge in [-0.15, -0.1) is 0 Å². The van der Waals surface area contributed by atoms with Gasteiger partial charge in [0, 0.05) is 18.4 Å². The summed E-state index contributed by atoms with van der Waals surface area (Å²) < 4.78 is 5.81. The minimum Gasteiger partial charge on any atom is -0.378 e. The lowest BCUT2D eigenvalue weighted by Gasteiger charge is -2.47. The first-order chi connectivity index (χ1) is 7.18. The van der Waals surface area contributed by atoms with Crippen LogP contribution < -0.4 is 0 Å². The summed E-state index contributed by atoms with van der Waals surface area (Å²) >= 11 is 0. The Bertz CT molecular complexity index is 249. The quantitative estimate of drug-likeness (QED) is 0.700. The van der Waals surface area contributed by atoms with E-state index < -0.39 is 0 Å². The van der Waals surface area contributed by atoms with Crippen LogP contribution in [0.5, 0.6) is 0 Å². The van der Waals surface area contributed by atoms with Gasteiger partial charge in [0.25, 0.3) is 0 Å². The molecule has 0 aromatic rings. The van der Waals surface area contributed by atoms with E-state index in [-0.39, 0.29) is 5.41 Å². The van der Waals surface area contributed by atoms with E-state index in [2.05, 4.69) is 13.8 Å². The molecular weight excluding hydrogens is 188 g/mol. The first kappa shape index (κ1) is 11.1. The molecule has 0 aromatic carbocycles. The second kappa shape index (κ2) is 4.25. The highest BCUT2D eigenvalue weighted by Crippen LogP contribution is 2.48. The standard InChI is InChI=1S/C13H22O2/c1-3-15-11-7-8-12(14)13(2)9-5-4-6-10(11)13/h10-11H,3-9H2,1-2H3. The lowest BCUT2D eigenvalue weighted by molar-refractivity contribution is -0.148. The van der Waals surface area contributed by atoms with Gasteiger partial charge >= 0.3 is 0 Å². The Morgan fingerprint density at radius 1 is 1.40 bits per heavy atom. The predicted octanol–water partition coefficient (Wildman–Crippen LogP) is 2.95. The van der Waals surface area contributed by atoms with Crippen LogP contribution in [0.4, 0.5) is 0 Å². The molecule has 2 rings (SSSR count). The maximum Gasteiger partial charge on any atom is 0.139 e. The number of carbonyl (C=O) groups excluding carboxylic acids is 1. The summed E-state index contributed by atoms with van der Waals surface area (Å²) in [6.07, 6.45) is 6.80. The Morgan fingerprint density at radius 3 is 2.93 bits per heavy atom. The minimum atomic E-state index is -0.0592. The highest BCUT2D eigenvalue weighted by molar-refractivity contribution is 5.85. The van der Waals surface area contributed by atoms with Gasteiger partial charge in [0.1, 0.15) is 5.78 Å². The molecule has 3 unspecified atom stereocenters. The van der Waals surface area contributed by atoms with E-state index in [0.29, 0.717) is 17.8 Å². The highest BCUT2D eigenvalue weighted by Gasteiger charge is 2.49. The predicted molar refractivity (Wildman–Crippen MR) is 59.7 cm³/mol. The molecule has 0 N–H and O–H groups in total. The number of Topliss-reactive ketones (excluding diaryl/α,β-unsaturated/α-hetero) is 1. The number of ether oxygens (including phenoxy) is 1. The molecule has 0 saturated heterocycles. The fourth-order valence-corrected chi connectivity index (χ4v) is 3.48. The molecule has 2 nitrogen and oxygen atoms in total. The second-order valence-electron chi connectivity index (χ2n) is 5.23. The van der Waals surface area contributed by atoms with E-state index in [0.717, 1.165) is 25.9 Å². The average molecular weight is 210 g/mol. The molecule has 0 amide bonds. The van der Waals surface area contributed by atoms with Crippen LogP contribution in [-0.2, 0) is 9.53 Å². The fourth-order valence-electron chi connectivity index (χ4n) is 3.48. The van der Waals surface area contributed by atoms with Crippen molar-refractivity contribution in [2.24, 2.45) is 11.3 Å². The van der Waals surface area contributed by atoms with Gasteiger partial charge in [0.2, 0.25) is 0 Å². The maximum atomic E-state index is 12.0. The number of fused-ring (bicyclic) bond motifs is 1. The molecular formula is C13H22O2. The van der Waals surface area contributed by atoms with Crippen molar-refractivity contribution in [1.82, 2.24) is 0 Å². The second-order valence-corrected chi connectivity index (χ2v) is 5.23. The summed E-state index contributed by atoms with van der Waals surface area (Å²) in [7, 11) is 0. The van der Waals surface area contributed by atoms with Crippen molar-refractivity contribution in [1.29, 1.82) is 0 Å². The van der Waals surface area contributed by atoms with Gasteiger partial charge in [-0.2, -0.15) is 0 Å². The van der Waals surface area contributed by atoms with Crippen LogP contribution in [0.1, 0.15) is 52.4 Å². The summed E-state index contributed by atoms with van der Waals surface area (Å²) in [5.41, 5.74) is -0.0592. The number of ketones is 1. The third-order valence-electron chi connectivity index (χ3n) is 4.40. The van der Waals surface area contributed by atoms with Crippen molar-refractivity contribution < 1.29 is 9.53 Å². The number of hydrogen-bond acceptors (Lipinski definition) is 2. The van der Waals surface area contributed by atoms with Gasteiger partial charge in [0.15, 0.2) is 0 Å². The van der Waals surface area contributed by atoms with Gasteiger partial charge < -0.3 is 4.74 Å². The maximum absolute atomic E-state index is 12.0. The molecule has 15 heavy (non-hydrogen) atoms. The van der Waals surface area contributed by atoms with Gasteiger partial charge in [-0.3, -0.25) is 4.79 Å². The Balaban J connectivity index is 2.17. The molecule has 0 spiro atoms. The van der Waals surface area contributed by atoms with E-state index in [1.807, 2.05) is 0 Å². The van der Waals surface area contributed by atoms with E-state index in [9.17, 15) is 4.79 Å². The van der Waals surface area contributed by atoms with Gasteiger partial charge in [-0.1, -0.05) is 19.8 Å². The van der Waals surface area contributed by atoms with E-state index >= 15 is 0 Å². The Morgan fingerprint density at radius 2 is 2.20 bits per heavy atom. The zero-order chi connectivity index (χ0) is 10.9. The van der Waals surface area contributed by atoms with Crippen molar-refractivity contribution in [3.8, 4) is 0 Å². The Labute approximate surface area is 92.4 Å². The molecule has 2 aliphatic rings. The summed E-state index contributed by atoms with van der Waals surface area (Å²) in [6.45, 7) is 5.01. The largest absolute Gasteiger partial charge is 0.378 e. The summed E-state index contributed by atoms with van der Waals surface area (Å²) in [5.74, 6) is 0.982. The molecule has 0 aliphatic heterocycles. The van der Waals surface area contributed by atoms with Crippen molar-refractivity contribution in [2.45, 2.75) is 58.5 Å². The summed E-state index contributed by atoms with van der Waals surface area (Å²) in [6, 6.07) is 0. The number of carbonyl (C=O) groups is 1. The zero-order valence-corrected chi connectivity index (χ0v) is 9.92. The molecule has 2 aliphatic carbocycles. The van der Waals surface area contributed by atoms with E-state index in [1.54, 1.807) is 0 Å². The van der Waals surface area contributed by atoms with Crippen LogP contribution in [0.3, 0.4) is 0 Å². The molecule has 2 fully saturated rings. The van der Waals surface area contributed by atoms with Gasteiger partial charge in [-0.05, 0) is 32.1 Å². The fraction of sp³-hybridized carbons (Fsp3) is 0.923. The Kier molecular flexibility index (Phi) is 3.15. The van der Waals surface area contributed by atoms with Crippen LogP contribution in [0.15, 0.2) is 0 Å². The topological polar surface area (TPSA) is 26.3 Å². The van der Waals surface area contributed by atoms with Crippen molar-refractivity contribution in [3.63, 3.8) is 0 Å². The first-order valence-electron chi connectivity index (χ1n) is 6.33. The van der Waals surface area contributed by atoms with Crippen LogP contribution >= 0.6 is 0 Å². The highest BCUT2D eigenvalue weighted by atomic mass is 16.5. The molecule has 86 valence electrons. The zero-order valence-electron chi connectivity index (χ0n) is 9.92. The lowest BCUT2D eigenvalue weighted by atomic mass is 9.59. The smallest absolute Gasteiger partial charge is 0.139 e. The van der Waals surface area contributed by atoms with Crippen LogP contribution in [0, 0.1) is 11.3 Å². The molecule has 0 aromatic heterocycles. The van der Waals surface area contributed by atoms with E-state index in [1.165, 1.54) is 19.3 Å². The monoisotopic (exact) mass is 210 g/mol. The number of hydrogen-bond donors (Lipinski definition) is 0. The number of rotatable bonds is 2. The molecule has 2 saturated carbocycles. The Hall–Kier alpha value is -0.370. The third-order valence-corrected chi connectivity index (χ3v) is 4.40. The van der Waals surface area contributed by atoms with Crippen LogP contribution in [0.25, 0.3) is 0 Å². The molecule has 0 heterocycles. The lowest BCUT2D eigenvalue weighted by Crippen LogP contribution is -2.49. The van der Waals surface area contributed by atoms with Crippen molar-refractivity contribution >= 4 is 5.78 Å². The molecule has 2 heteroatoms. The average Bonchev–Trinajstić information content (AvgIpc) is 2.23. The summed E-state index contributed by atoms with van der Waals surface area (Å²) in [4.78, 5) is 12.0. The van der Waals surface area contributed by atoms with Crippen LogP contribution in [0.2, 0.25) is 0 Å². The molecule has 0 radical (unpaired) electrons. The normalized spacial score (nSPS) is 41.3. The van der Waals surface area contributed by atoms with Gasteiger partial charge in [0.05, 0.1) is 6.10 Å². The van der Waals surface area contributed by atoms with Crippen LogP contribution in [-0.4, -0.2) is 18.5 Å². The first-order valence-corrected chi connectivity index (χ1v) is 6.33. The minimum absolute atomic E-state index is 0.0592. The van der Waals surface area contributed by atoms with E-state index in [4.69, 9.17) is 4.74 Å². The third kappa shape index (κ3) is 1.84. The molecule has 0 bridgehead atoms. The molecule has 3 atom stereocenters. The van der Waals surface area contributed by atoms with Gasteiger partial charge in [-0.25, -0.2) is 0 Å². The van der Waals surface area contributed by atoms with Crippen molar-refractivity contribution in [3.05, 3.63) is 0 Å². The van der Waals surface area contributed by atoms with Crippen molar-refractivity contribution in [2.75, 3.05) is 6.61 Å². The summed E-state index contributed by atoms with van der Waals surface area (Å²) in [5, 5.41) is 0. The SMILES string of the molecule is CCOC1CCC(=O)C2(C)CCCCC12.